The van der Waals surface area contributed by atoms with Gasteiger partial charge >= 0.3 is 0 Å². The number of nitrogens with zero attached hydrogens (tertiary/aromatic N) is 1. The summed E-state index contributed by atoms with van der Waals surface area (Å²) in [4.78, 5) is 26.0. The quantitative estimate of drug-likeness (QED) is 0.909. The Bertz CT molecular complexity index is 555. The van der Waals surface area contributed by atoms with E-state index in [-0.39, 0.29) is 17.9 Å². The number of rotatable bonds is 4. The number of nitrogens with one attached hydrogen (secondary N) is 1. The Labute approximate surface area is 140 Å². The Hall–Kier alpha value is -1.26. The fraction of sp³-hybridized carbons (Fsp3) is 0.500. The van der Waals surface area contributed by atoms with Crippen molar-refractivity contribution in [2.45, 2.75) is 38.6 Å². The number of hydrogen-bond acceptors (Lipinski definition) is 2. The lowest BCUT2D eigenvalue weighted by Gasteiger charge is -2.32. The highest BCUT2D eigenvalue weighted by Gasteiger charge is 2.24. The third-order valence-electron chi connectivity index (χ3n) is 3.82. The van der Waals surface area contributed by atoms with Crippen molar-refractivity contribution in [3.8, 4) is 0 Å². The minimum Gasteiger partial charge on any atom is -0.349 e. The molecule has 1 aliphatic heterocycles. The molecule has 120 valence electrons. The molecule has 1 aromatic rings. The smallest absolute Gasteiger partial charge is 0.253 e. The van der Waals surface area contributed by atoms with Crippen molar-refractivity contribution < 1.29 is 9.59 Å². The van der Waals surface area contributed by atoms with E-state index in [1.54, 1.807) is 18.2 Å². The second-order valence-electron chi connectivity index (χ2n) is 5.50. The van der Waals surface area contributed by atoms with Gasteiger partial charge in [-0.2, -0.15) is 0 Å². The van der Waals surface area contributed by atoms with E-state index < -0.39 is 0 Å². The largest absolute Gasteiger partial charge is 0.349 e. The molecule has 1 heterocycles. The lowest BCUT2D eigenvalue weighted by molar-refractivity contribution is -0.132. The summed E-state index contributed by atoms with van der Waals surface area (Å²) in [5.41, 5.74) is 0.388. The predicted molar refractivity (Wildman–Crippen MR) is 88.4 cm³/mol. The van der Waals surface area contributed by atoms with Crippen LogP contribution in [0.4, 0.5) is 0 Å². The van der Waals surface area contributed by atoms with E-state index in [1.165, 1.54) is 0 Å². The van der Waals surface area contributed by atoms with E-state index in [1.807, 2.05) is 11.8 Å². The number of carbonyl (C=O) groups is 2. The van der Waals surface area contributed by atoms with Crippen LogP contribution in [0.2, 0.25) is 10.0 Å². The van der Waals surface area contributed by atoms with Crippen molar-refractivity contribution in [1.29, 1.82) is 0 Å². The molecule has 22 heavy (non-hydrogen) atoms. The maximum atomic E-state index is 12.3. The van der Waals surface area contributed by atoms with Gasteiger partial charge in [0.2, 0.25) is 5.91 Å². The lowest BCUT2D eigenvalue weighted by Crippen LogP contribution is -2.46. The Kier molecular flexibility index (Phi) is 6.09. The molecule has 0 atom stereocenters. The molecular weight excluding hydrogens is 323 g/mol. The summed E-state index contributed by atoms with van der Waals surface area (Å²) in [6.45, 7) is 3.37. The van der Waals surface area contributed by atoms with E-state index in [0.29, 0.717) is 35.1 Å². The van der Waals surface area contributed by atoms with Crippen LogP contribution >= 0.6 is 23.2 Å². The normalized spacial score (nSPS) is 15.7. The van der Waals surface area contributed by atoms with Gasteiger partial charge in [-0.25, -0.2) is 0 Å². The average Bonchev–Trinajstić information content (AvgIpc) is 2.50. The number of halogens is 2. The summed E-state index contributed by atoms with van der Waals surface area (Å²) in [7, 11) is 0. The molecule has 1 fully saturated rings. The van der Waals surface area contributed by atoms with Crippen LogP contribution < -0.4 is 5.32 Å². The first-order chi connectivity index (χ1) is 10.5. The van der Waals surface area contributed by atoms with Gasteiger partial charge in [-0.3, -0.25) is 9.59 Å². The van der Waals surface area contributed by atoms with Gasteiger partial charge < -0.3 is 10.2 Å². The zero-order chi connectivity index (χ0) is 16.1. The highest BCUT2D eigenvalue weighted by atomic mass is 35.5. The van der Waals surface area contributed by atoms with E-state index in [0.717, 1.165) is 19.3 Å². The Morgan fingerprint density at radius 3 is 2.59 bits per heavy atom. The third kappa shape index (κ3) is 4.37. The van der Waals surface area contributed by atoms with Crippen molar-refractivity contribution in [3.63, 3.8) is 0 Å². The second kappa shape index (κ2) is 7.84. The van der Waals surface area contributed by atoms with E-state index >= 15 is 0 Å². The Morgan fingerprint density at radius 1 is 1.27 bits per heavy atom. The topological polar surface area (TPSA) is 49.4 Å². The molecule has 1 aromatic carbocycles. The second-order valence-corrected chi connectivity index (χ2v) is 6.35. The number of hydrogen-bond donors (Lipinski definition) is 1. The molecule has 1 aliphatic rings. The zero-order valence-corrected chi connectivity index (χ0v) is 14.1. The van der Waals surface area contributed by atoms with Crippen molar-refractivity contribution in [2.24, 2.45) is 0 Å². The van der Waals surface area contributed by atoms with Crippen LogP contribution in [0.25, 0.3) is 0 Å². The number of carbonyl (C=O) groups excluding carboxylic acids is 2. The molecule has 0 radical (unpaired) electrons. The zero-order valence-electron chi connectivity index (χ0n) is 12.6. The lowest BCUT2D eigenvalue weighted by atomic mass is 10.0. The van der Waals surface area contributed by atoms with Crippen LogP contribution in [-0.2, 0) is 4.79 Å². The number of likely N-dealkylation sites (tertiary alicyclic amines) is 1. The molecule has 2 amide bonds. The van der Waals surface area contributed by atoms with Crippen molar-refractivity contribution in [2.75, 3.05) is 13.1 Å². The van der Waals surface area contributed by atoms with Gasteiger partial charge in [-0.1, -0.05) is 30.1 Å². The van der Waals surface area contributed by atoms with Gasteiger partial charge in [0.05, 0.1) is 10.6 Å². The van der Waals surface area contributed by atoms with Gasteiger partial charge in [0.15, 0.2) is 0 Å². The molecule has 6 heteroatoms. The predicted octanol–water partition coefficient (Wildman–Crippen LogP) is 3.51. The van der Waals surface area contributed by atoms with E-state index in [2.05, 4.69) is 5.32 Å². The highest BCUT2D eigenvalue weighted by Crippen LogP contribution is 2.21. The number of amides is 2. The minimum atomic E-state index is -0.217. The molecule has 0 aliphatic carbocycles. The summed E-state index contributed by atoms with van der Waals surface area (Å²) in [5, 5.41) is 3.84. The summed E-state index contributed by atoms with van der Waals surface area (Å²) in [6.07, 6.45) is 2.98. The van der Waals surface area contributed by atoms with Gasteiger partial charge in [0, 0.05) is 30.6 Å². The highest BCUT2D eigenvalue weighted by molar-refractivity contribution is 6.35. The number of benzene rings is 1. The van der Waals surface area contributed by atoms with Crippen molar-refractivity contribution in [3.05, 3.63) is 33.8 Å². The monoisotopic (exact) mass is 342 g/mol. The molecule has 1 N–H and O–H groups in total. The summed E-state index contributed by atoms with van der Waals surface area (Å²) in [6, 6.07) is 4.90. The minimum absolute atomic E-state index is 0.0632. The van der Waals surface area contributed by atoms with Crippen LogP contribution in [0.5, 0.6) is 0 Å². The Balaban J connectivity index is 1.89. The fourth-order valence-corrected chi connectivity index (χ4v) is 2.96. The van der Waals surface area contributed by atoms with Crippen LogP contribution in [0, 0.1) is 0 Å². The van der Waals surface area contributed by atoms with Gasteiger partial charge in [0.25, 0.3) is 5.91 Å². The van der Waals surface area contributed by atoms with Gasteiger partial charge in [0.1, 0.15) is 0 Å². The van der Waals surface area contributed by atoms with Crippen LogP contribution in [0.15, 0.2) is 18.2 Å². The van der Waals surface area contributed by atoms with E-state index in [9.17, 15) is 9.59 Å². The SMILES string of the molecule is CCCC(=O)N1CCC(NC(=O)c2cc(Cl)ccc2Cl)CC1. The molecule has 0 aromatic heterocycles. The summed E-state index contributed by atoms with van der Waals surface area (Å²) < 4.78 is 0. The molecule has 4 nitrogen and oxygen atoms in total. The first-order valence-corrected chi connectivity index (χ1v) is 8.30. The standard InChI is InChI=1S/C16H20Cl2N2O2/c1-2-3-15(21)20-8-6-12(7-9-20)19-16(22)13-10-11(17)4-5-14(13)18/h4-5,10,12H,2-3,6-9H2,1H3,(H,19,22). The molecule has 2 rings (SSSR count). The van der Waals surface area contributed by atoms with Crippen molar-refractivity contribution in [1.82, 2.24) is 10.2 Å². The molecule has 0 saturated carbocycles. The van der Waals surface area contributed by atoms with E-state index in [4.69, 9.17) is 23.2 Å². The van der Waals surface area contributed by atoms with Crippen LogP contribution in [-0.4, -0.2) is 35.8 Å². The third-order valence-corrected chi connectivity index (χ3v) is 4.38. The summed E-state index contributed by atoms with van der Waals surface area (Å²) >= 11 is 11.9. The maximum absolute atomic E-state index is 12.3. The first kappa shape index (κ1) is 17.1. The van der Waals surface area contributed by atoms with Gasteiger partial charge in [-0.15, -0.1) is 0 Å². The molecule has 0 unspecified atom stereocenters. The molecule has 0 bridgehead atoms. The van der Waals surface area contributed by atoms with Gasteiger partial charge in [-0.05, 0) is 37.5 Å². The summed E-state index contributed by atoms with van der Waals surface area (Å²) in [5.74, 6) is -0.0176. The Morgan fingerprint density at radius 2 is 1.95 bits per heavy atom. The molecular formula is C16H20Cl2N2O2. The fourth-order valence-electron chi connectivity index (χ4n) is 2.58. The van der Waals surface area contributed by atoms with Crippen molar-refractivity contribution >= 4 is 35.0 Å². The maximum Gasteiger partial charge on any atom is 0.253 e. The molecule has 1 saturated heterocycles. The first-order valence-electron chi connectivity index (χ1n) is 7.55. The van der Waals surface area contributed by atoms with Crippen LogP contribution in [0.1, 0.15) is 43.0 Å². The number of piperidine rings is 1. The average molecular weight is 343 g/mol. The molecule has 0 spiro atoms. The van der Waals surface area contributed by atoms with Crippen LogP contribution in [0.3, 0.4) is 0 Å².